The van der Waals surface area contributed by atoms with E-state index in [4.69, 9.17) is 5.11 Å². The van der Waals surface area contributed by atoms with Gasteiger partial charge in [0.05, 0.1) is 0 Å². The molecule has 0 bridgehead atoms. The molecule has 1 N–H and O–H groups in total. The lowest BCUT2D eigenvalue weighted by Gasteiger charge is -2.26. The molecular formula is C14H23NO2S. The van der Waals surface area contributed by atoms with Crippen molar-refractivity contribution in [2.24, 2.45) is 5.92 Å². The van der Waals surface area contributed by atoms with Gasteiger partial charge in [-0.2, -0.15) is 0 Å². The summed E-state index contributed by atoms with van der Waals surface area (Å²) in [5, 5.41) is 8.98. The van der Waals surface area contributed by atoms with Gasteiger partial charge in [-0.3, -0.25) is 4.90 Å². The van der Waals surface area contributed by atoms with Crippen molar-refractivity contribution in [1.82, 2.24) is 4.90 Å². The first-order chi connectivity index (χ1) is 8.31. The van der Waals surface area contributed by atoms with E-state index in [0.717, 1.165) is 23.4 Å². The third-order valence-electron chi connectivity index (χ3n) is 3.22. The van der Waals surface area contributed by atoms with Crippen LogP contribution in [0.4, 0.5) is 0 Å². The summed E-state index contributed by atoms with van der Waals surface area (Å²) in [6.45, 7) is 9.49. The molecule has 1 atom stereocenters. The van der Waals surface area contributed by atoms with E-state index < -0.39 is 5.97 Å². The van der Waals surface area contributed by atoms with Crippen LogP contribution in [0.1, 0.15) is 47.3 Å². The van der Waals surface area contributed by atoms with Gasteiger partial charge >= 0.3 is 5.97 Å². The third kappa shape index (κ3) is 4.10. The summed E-state index contributed by atoms with van der Waals surface area (Å²) < 4.78 is 0. The minimum Gasteiger partial charge on any atom is -0.477 e. The van der Waals surface area contributed by atoms with Gasteiger partial charge in [0.25, 0.3) is 0 Å². The Hall–Kier alpha value is -0.870. The Balaban J connectivity index is 2.69. The van der Waals surface area contributed by atoms with Crippen LogP contribution in [0.25, 0.3) is 0 Å². The SMILES string of the molecule is Cc1sc(C(=O)O)cc1CN(C)C(C)CC(C)C. The van der Waals surface area contributed by atoms with Crippen molar-refractivity contribution in [1.29, 1.82) is 0 Å². The molecule has 0 amide bonds. The number of carboxylic acids is 1. The second-order valence-corrected chi connectivity index (χ2v) is 6.65. The van der Waals surface area contributed by atoms with Crippen molar-refractivity contribution in [2.45, 2.75) is 46.7 Å². The van der Waals surface area contributed by atoms with E-state index in [1.807, 2.05) is 6.92 Å². The summed E-state index contributed by atoms with van der Waals surface area (Å²) in [5.41, 5.74) is 1.13. The van der Waals surface area contributed by atoms with Crippen LogP contribution in [0.2, 0.25) is 0 Å². The maximum absolute atomic E-state index is 10.9. The van der Waals surface area contributed by atoms with E-state index in [-0.39, 0.29) is 0 Å². The van der Waals surface area contributed by atoms with Crippen LogP contribution >= 0.6 is 11.3 Å². The first-order valence-electron chi connectivity index (χ1n) is 6.34. The van der Waals surface area contributed by atoms with E-state index in [1.165, 1.54) is 11.3 Å². The molecule has 4 heteroatoms. The molecule has 102 valence electrons. The quantitative estimate of drug-likeness (QED) is 0.857. The molecule has 0 aromatic carbocycles. The van der Waals surface area contributed by atoms with Crippen LogP contribution in [-0.4, -0.2) is 29.1 Å². The first-order valence-corrected chi connectivity index (χ1v) is 7.15. The van der Waals surface area contributed by atoms with Crippen LogP contribution < -0.4 is 0 Å². The first kappa shape index (κ1) is 15.2. The highest BCUT2D eigenvalue weighted by Crippen LogP contribution is 2.23. The molecule has 0 spiro atoms. The number of hydrogen-bond acceptors (Lipinski definition) is 3. The Labute approximate surface area is 113 Å². The molecule has 0 fully saturated rings. The molecule has 1 aromatic heterocycles. The van der Waals surface area contributed by atoms with Gasteiger partial charge in [0.1, 0.15) is 4.88 Å². The molecule has 0 saturated carbocycles. The fourth-order valence-electron chi connectivity index (χ4n) is 2.07. The average Bonchev–Trinajstić information content (AvgIpc) is 2.59. The lowest BCUT2D eigenvalue weighted by atomic mass is 10.0. The number of thiophene rings is 1. The molecule has 0 aliphatic carbocycles. The van der Waals surface area contributed by atoms with Gasteiger partial charge in [-0.15, -0.1) is 11.3 Å². The number of carbonyl (C=O) groups is 1. The van der Waals surface area contributed by atoms with E-state index in [2.05, 4.69) is 32.7 Å². The van der Waals surface area contributed by atoms with Crippen molar-refractivity contribution in [3.63, 3.8) is 0 Å². The van der Waals surface area contributed by atoms with Crippen LogP contribution in [0, 0.1) is 12.8 Å². The van der Waals surface area contributed by atoms with Crippen LogP contribution in [0.3, 0.4) is 0 Å². The van der Waals surface area contributed by atoms with Crippen molar-refractivity contribution in [2.75, 3.05) is 7.05 Å². The van der Waals surface area contributed by atoms with Crippen molar-refractivity contribution in [3.8, 4) is 0 Å². The molecule has 1 heterocycles. The van der Waals surface area contributed by atoms with E-state index in [0.29, 0.717) is 16.8 Å². The second-order valence-electron chi connectivity index (χ2n) is 5.39. The van der Waals surface area contributed by atoms with Gasteiger partial charge in [-0.1, -0.05) is 13.8 Å². The minimum absolute atomic E-state index is 0.437. The number of aryl methyl sites for hydroxylation is 1. The van der Waals surface area contributed by atoms with Gasteiger partial charge < -0.3 is 5.11 Å². The van der Waals surface area contributed by atoms with Gasteiger partial charge in [0, 0.05) is 17.5 Å². The smallest absolute Gasteiger partial charge is 0.345 e. The summed E-state index contributed by atoms with van der Waals surface area (Å²) in [4.78, 5) is 14.8. The second kappa shape index (κ2) is 6.34. The summed E-state index contributed by atoms with van der Waals surface area (Å²) in [6.07, 6.45) is 1.16. The Morgan fingerprint density at radius 2 is 2.06 bits per heavy atom. The number of aromatic carboxylic acids is 1. The summed E-state index contributed by atoms with van der Waals surface area (Å²) >= 11 is 1.36. The predicted molar refractivity (Wildman–Crippen MR) is 76.4 cm³/mol. The molecule has 3 nitrogen and oxygen atoms in total. The topological polar surface area (TPSA) is 40.5 Å². The summed E-state index contributed by atoms with van der Waals surface area (Å²) in [5.74, 6) is -0.146. The lowest BCUT2D eigenvalue weighted by molar-refractivity contribution is 0.0702. The molecule has 0 saturated heterocycles. The summed E-state index contributed by atoms with van der Waals surface area (Å²) in [6, 6.07) is 2.32. The Kier molecular flexibility index (Phi) is 5.35. The van der Waals surface area contributed by atoms with Gasteiger partial charge in [0.2, 0.25) is 0 Å². The normalized spacial score (nSPS) is 13.3. The van der Waals surface area contributed by atoms with Crippen LogP contribution in [0.15, 0.2) is 6.07 Å². The fraction of sp³-hybridized carbons (Fsp3) is 0.643. The van der Waals surface area contributed by atoms with Gasteiger partial charge in [0.15, 0.2) is 0 Å². The van der Waals surface area contributed by atoms with Crippen molar-refractivity contribution >= 4 is 17.3 Å². The van der Waals surface area contributed by atoms with Gasteiger partial charge in [-0.05, 0) is 44.9 Å². The molecule has 0 radical (unpaired) electrons. The molecule has 1 aromatic rings. The number of nitrogens with zero attached hydrogens (tertiary/aromatic N) is 1. The Bertz CT molecular complexity index is 412. The maximum Gasteiger partial charge on any atom is 0.345 e. The standard InChI is InChI=1S/C14H23NO2S/c1-9(2)6-10(3)15(5)8-12-7-13(14(16)17)18-11(12)4/h7,9-10H,6,8H2,1-5H3,(H,16,17). The zero-order chi connectivity index (χ0) is 13.9. The molecular weight excluding hydrogens is 246 g/mol. The van der Waals surface area contributed by atoms with E-state index >= 15 is 0 Å². The monoisotopic (exact) mass is 269 g/mol. The average molecular weight is 269 g/mol. The molecule has 0 aliphatic heterocycles. The number of hydrogen-bond donors (Lipinski definition) is 1. The zero-order valence-electron chi connectivity index (χ0n) is 11.9. The van der Waals surface area contributed by atoms with Crippen molar-refractivity contribution < 1.29 is 9.90 Å². The molecule has 0 aliphatic rings. The summed E-state index contributed by atoms with van der Waals surface area (Å²) in [7, 11) is 2.10. The van der Waals surface area contributed by atoms with Crippen LogP contribution in [0.5, 0.6) is 0 Å². The molecule has 1 unspecified atom stereocenters. The van der Waals surface area contributed by atoms with E-state index in [9.17, 15) is 4.79 Å². The Morgan fingerprint density at radius 1 is 1.44 bits per heavy atom. The number of rotatable bonds is 6. The Morgan fingerprint density at radius 3 is 2.50 bits per heavy atom. The minimum atomic E-state index is -0.827. The highest BCUT2D eigenvalue weighted by molar-refractivity contribution is 7.14. The third-order valence-corrected chi connectivity index (χ3v) is 4.30. The van der Waals surface area contributed by atoms with Crippen LogP contribution in [-0.2, 0) is 6.54 Å². The largest absolute Gasteiger partial charge is 0.477 e. The predicted octanol–water partition coefficient (Wildman–Crippen LogP) is 3.62. The molecule has 1 rings (SSSR count). The lowest BCUT2D eigenvalue weighted by Crippen LogP contribution is -2.29. The van der Waals surface area contributed by atoms with Crippen molar-refractivity contribution in [3.05, 3.63) is 21.4 Å². The fourth-order valence-corrected chi connectivity index (χ4v) is 2.94. The zero-order valence-corrected chi connectivity index (χ0v) is 12.7. The highest BCUT2D eigenvalue weighted by Gasteiger charge is 2.15. The van der Waals surface area contributed by atoms with E-state index in [1.54, 1.807) is 6.07 Å². The maximum atomic E-state index is 10.9. The number of carboxylic acid groups (broad SMARTS) is 1. The molecule has 18 heavy (non-hydrogen) atoms. The highest BCUT2D eigenvalue weighted by atomic mass is 32.1. The van der Waals surface area contributed by atoms with Gasteiger partial charge in [-0.25, -0.2) is 4.79 Å².